The summed E-state index contributed by atoms with van der Waals surface area (Å²) in [6.45, 7) is 1.93. The first-order chi connectivity index (χ1) is 14.6. The average molecular weight is 427 g/mol. The molecule has 0 saturated carbocycles. The predicted octanol–water partition coefficient (Wildman–Crippen LogP) is 2.83. The van der Waals surface area contributed by atoms with Gasteiger partial charge in [0.1, 0.15) is 17.0 Å². The summed E-state index contributed by atoms with van der Waals surface area (Å²) in [5.74, 6) is 1.48. The van der Waals surface area contributed by atoms with Crippen LogP contribution in [0.15, 0.2) is 48.5 Å². The Kier molecular flexibility index (Phi) is 5.67. The Balaban J connectivity index is 1.45. The van der Waals surface area contributed by atoms with Gasteiger partial charge in [0.25, 0.3) is 0 Å². The van der Waals surface area contributed by atoms with Crippen LogP contribution in [0.1, 0.15) is 12.8 Å². The molecule has 2 heterocycles. The van der Waals surface area contributed by atoms with E-state index in [0.29, 0.717) is 43.5 Å². The monoisotopic (exact) mass is 426 g/mol. The van der Waals surface area contributed by atoms with E-state index in [0.717, 1.165) is 17.1 Å². The third kappa shape index (κ3) is 3.63. The number of amides is 1. The van der Waals surface area contributed by atoms with Crippen molar-refractivity contribution in [3.63, 3.8) is 0 Å². The summed E-state index contributed by atoms with van der Waals surface area (Å²) in [5.41, 5.74) is 1.33. The number of nitrogens with zero attached hydrogens (tertiary/aromatic N) is 2. The lowest BCUT2D eigenvalue weighted by molar-refractivity contribution is -0.124. The maximum absolute atomic E-state index is 12.8. The van der Waals surface area contributed by atoms with E-state index in [-0.39, 0.29) is 5.91 Å². The van der Waals surface area contributed by atoms with Gasteiger partial charge in [-0.05, 0) is 49.3 Å². The van der Waals surface area contributed by atoms with Crippen LogP contribution in [0.4, 0.5) is 11.4 Å². The molecule has 30 heavy (non-hydrogen) atoms. The van der Waals surface area contributed by atoms with Crippen molar-refractivity contribution >= 4 is 34.6 Å². The van der Waals surface area contributed by atoms with E-state index >= 15 is 0 Å². The lowest BCUT2D eigenvalue weighted by Crippen LogP contribution is -2.57. The van der Waals surface area contributed by atoms with Crippen molar-refractivity contribution in [3.05, 3.63) is 48.5 Å². The number of hydrogen-bond acceptors (Lipinski definition) is 5. The van der Waals surface area contributed by atoms with E-state index in [1.807, 2.05) is 36.4 Å². The molecule has 4 rings (SSSR count). The van der Waals surface area contributed by atoms with Gasteiger partial charge in [-0.15, -0.1) is 0 Å². The summed E-state index contributed by atoms with van der Waals surface area (Å²) >= 11 is 5.65. The Bertz CT molecular complexity index is 929. The molecular weight excluding hydrogens is 400 g/mol. The molecule has 2 aromatic rings. The Hall–Kier alpha value is -3.00. The number of para-hydroxylation sites is 1. The van der Waals surface area contributed by atoms with Gasteiger partial charge in [-0.25, -0.2) is 0 Å². The molecule has 2 N–H and O–H groups in total. The Morgan fingerprint density at radius 2 is 1.83 bits per heavy atom. The Morgan fingerprint density at radius 1 is 1.10 bits per heavy atom. The van der Waals surface area contributed by atoms with Gasteiger partial charge in [-0.3, -0.25) is 4.79 Å². The topological polar surface area (TPSA) is 66.1 Å². The normalized spacial score (nSPS) is 17.6. The van der Waals surface area contributed by atoms with Crippen LogP contribution in [0.25, 0.3) is 0 Å². The number of thiocarbonyl (C=S) groups is 1. The summed E-state index contributed by atoms with van der Waals surface area (Å²) in [6, 6.07) is 15.7. The van der Waals surface area contributed by atoms with Gasteiger partial charge in [0.2, 0.25) is 5.91 Å². The van der Waals surface area contributed by atoms with Crippen LogP contribution in [-0.2, 0) is 4.79 Å². The van der Waals surface area contributed by atoms with E-state index in [9.17, 15) is 4.79 Å². The maximum atomic E-state index is 12.8. The number of hydrogen-bond donors (Lipinski definition) is 2. The number of likely N-dealkylation sites (tertiary alicyclic amines) is 1. The van der Waals surface area contributed by atoms with Crippen LogP contribution < -0.4 is 25.0 Å². The van der Waals surface area contributed by atoms with Crippen molar-refractivity contribution in [3.8, 4) is 11.5 Å². The van der Waals surface area contributed by atoms with Crippen molar-refractivity contribution < 1.29 is 14.3 Å². The average Bonchev–Trinajstić information content (AvgIpc) is 3.10. The third-order valence-corrected chi connectivity index (χ3v) is 6.29. The number of ether oxygens (including phenoxy) is 2. The first-order valence-corrected chi connectivity index (χ1v) is 10.4. The molecule has 1 amide bonds. The molecule has 0 radical (unpaired) electrons. The van der Waals surface area contributed by atoms with Gasteiger partial charge in [-0.1, -0.05) is 18.2 Å². The molecule has 0 atom stereocenters. The predicted molar refractivity (Wildman–Crippen MR) is 121 cm³/mol. The van der Waals surface area contributed by atoms with Gasteiger partial charge in [-0.2, -0.15) is 0 Å². The van der Waals surface area contributed by atoms with Gasteiger partial charge < -0.3 is 29.9 Å². The second-order valence-corrected chi connectivity index (χ2v) is 7.83. The van der Waals surface area contributed by atoms with Gasteiger partial charge in [0.15, 0.2) is 5.11 Å². The number of piperidine rings is 1. The van der Waals surface area contributed by atoms with Crippen molar-refractivity contribution in [2.45, 2.75) is 18.4 Å². The summed E-state index contributed by atoms with van der Waals surface area (Å²) in [5, 5.41) is 6.93. The fourth-order valence-electron chi connectivity index (χ4n) is 4.21. The van der Waals surface area contributed by atoms with Crippen LogP contribution in [0, 0.1) is 0 Å². The maximum Gasteiger partial charge on any atom is 0.247 e. The highest BCUT2D eigenvalue weighted by Gasteiger charge is 2.50. The summed E-state index contributed by atoms with van der Waals surface area (Å²) in [4.78, 5) is 17.1. The molecule has 0 unspecified atom stereocenters. The molecule has 158 valence electrons. The number of rotatable bonds is 4. The van der Waals surface area contributed by atoms with Crippen molar-refractivity contribution in [2.24, 2.45) is 0 Å². The zero-order valence-electron chi connectivity index (χ0n) is 17.2. The molecule has 2 saturated heterocycles. The smallest absolute Gasteiger partial charge is 0.247 e. The minimum atomic E-state index is -0.523. The van der Waals surface area contributed by atoms with Gasteiger partial charge in [0.05, 0.1) is 26.6 Å². The number of carbonyl (C=O) groups is 1. The molecule has 8 heteroatoms. The van der Waals surface area contributed by atoms with Crippen LogP contribution in [0.2, 0.25) is 0 Å². The zero-order chi connectivity index (χ0) is 21.1. The van der Waals surface area contributed by atoms with E-state index < -0.39 is 5.54 Å². The SMILES string of the molecule is COc1ccc(NC(=S)N2CCC3(CC2)C(=O)NCN3c2ccccc2)c(OC)c1. The standard InChI is InChI=1S/C22H26N4O3S/c1-28-17-8-9-18(19(14-17)29-2)24-21(30)25-12-10-22(11-13-25)20(27)23-15-26(22)16-6-4-3-5-7-16/h3-9,14H,10-13,15H2,1-2H3,(H,23,27)(H,24,30). The van der Waals surface area contributed by atoms with Gasteiger partial charge >= 0.3 is 0 Å². The molecule has 1 spiro atoms. The number of anilines is 2. The Morgan fingerprint density at radius 3 is 2.50 bits per heavy atom. The summed E-state index contributed by atoms with van der Waals surface area (Å²) in [6.07, 6.45) is 1.41. The largest absolute Gasteiger partial charge is 0.497 e. The molecule has 0 aromatic heterocycles. The fraction of sp³-hybridized carbons (Fsp3) is 0.364. The van der Waals surface area contributed by atoms with E-state index in [2.05, 4.69) is 32.6 Å². The molecule has 2 aromatic carbocycles. The number of nitrogens with one attached hydrogen (secondary N) is 2. The molecular formula is C22H26N4O3S. The number of benzene rings is 2. The lowest BCUT2D eigenvalue weighted by atomic mass is 9.86. The van der Waals surface area contributed by atoms with Gasteiger partial charge in [0, 0.05) is 24.8 Å². The second kappa shape index (κ2) is 8.39. The van der Waals surface area contributed by atoms with Crippen LogP contribution in [0.5, 0.6) is 11.5 Å². The molecule has 2 aliphatic rings. The lowest BCUT2D eigenvalue weighted by Gasteiger charge is -2.44. The number of methoxy groups -OCH3 is 2. The minimum absolute atomic E-state index is 0.0988. The number of carbonyl (C=O) groups excluding carboxylic acids is 1. The molecule has 7 nitrogen and oxygen atoms in total. The van der Waals surface area contributed by atoms with Crippen molar-refractivity contribution in [1.29, 1.82) is 0 Å². The van der Waals surface area contributed by atoms with Crippen molar-refractivity contribution in [1.82, 2.24) is 10.2 Å². The van der Waals surface area contributed by atoms with Crippen LogP contribution in [0.3, 0.4) is 0 Å². The molecule has 0 aliphatic carbocycles. The van der Waals surface area contributed by atoms with E-state index in [1.165, 1.54) is 0 Å². The fourth-order valence-corrected chi connectivity index (χ4v) is 4.50. The van der Waals surface area contributed by atoms with Crippen LogP contribution in [-0.4, -0.2) is 55.4 Å². The first kappa shape index (κ1) is 20.3. The first-order valence-electron chi connectivity index (χ1n) is 9.96. The van der Waals surface area contributed by atoms with E-state index in [1.54, 1.807) is 14.2 Å². The zero-order valence-corrected chi connectivity index (χ0v) is 18.0. The highest BCUT2D eigenvalue weighted by molar-refractivity contribution is 7.80. The molecule has 2 aliphatic heterocycles. The van der Waals surface area contributed by atoms with Crippen LogP contribution >= 0.6 is 12.2 Å². The summed E-state index contributed by atoms with van der Waals surface area (Å²) in [7, 11) is 3.23. The molecule has 0 bridgehead atoms. The summed E-state index contributed by atoms with van der Waals surface area (Å²) < 4.78 is 10.7. The highest BCUT2D eigenvalue weighted by atomic mass is 32.1. The quantitative estimate of drug-likeness (QED) is 0.729. The third-order valence-electron chi connectivity index (χ3n) is 5.93. The highest BCUT2D eigenvalue weighted by Crippen LogP contribution is 2.36. The van der Waals surface area contributed by atoms with Crippen molar-refractivity contribution in [2.75, 3.05) is 44.2 Å². The minimum Gasteiger partial charge on any atom is -0.497 e. The second-order valence-electron chi connectivity index (χ2n) is 7.44. The Labute approximate surface area is 181 Å². The van der Waals surface area contributed by atoms with E-state index in [4.69, 9.17) is 21.7 Å². The molecule has 2 fully saturated rings.